The molecule has 2 aliphatic rings. The summed E-state index contributed by atoms with van der Waals surface area (Å²) in [4.78, 5) is 0. The Morgan fingerprint density at radius 1 is 1.23 bits per heavy atom. The molecule has 0 unspecified atom stereocenters. The van der Waals surface area contributed by atoms with E-state index in [2.05, 4.69) is 6.07 Å². The number of hydrogen-bond donors (Lipinski definition) is 0. The molecule has 1 aromatic carbocycles. The standard InChI is InChI=1S/C11H8O2/c1-2-8-4-6-12-10-5-7-13-9(3-1)11(8)10/h1-6H,7H2. The van der Waals surface area contributed by atoms with Gasteiger partial charge >= 0.3 is 0 Å². The van der Waals surface area contributed by atoms with Crippen molar-refractivity contribution in [3.8, 4) is 5.75 Å². The number of benzene rings is 1. The van der Waals surface area contributed by atoms with Crippen molar-refractivity contribution in [1.29, 1.82) is 0 Å². The van der Waals surface area contributed by atoms with Crippen LogP contribution in [0.5, 0.6) is 5.75 Å². The van der Waals surface area contributed by atoms with E-state index < -0.39 is 0 Å². The molecular formula is C11H8O2. The van der Waals surface area contributed by atoms with Crippen LogP contribution in [0.3, 0.4) is 0 Å². The molecule has 0 atom stereocenters. The minimum atomic E-state index is 0.597. The highest BCUT2D eigenvalue weighted by Crippen LogP contribution is 2.36. The molecule has 13 heavy (non-hydrogen) atoms. The molecule has 0 bridgehead atoms. The molecule has 2 nitrogen and oxygen atoms in total. The van der Waals surface area contributed by atoms with Crippen LogP contribution in [0.1, 0.15) is 11.1 Å². The Balaban J connectivity index is 2.34. The minimum absolute atomic E-state index is 0.597. The first-order valence-corrected chi connectivity index (χ1v) is 4.25. The largest absolute Gasteiger partial charge is 0.489 e. The molecule has 0 saturated heterocycles. The van der Waals surface area contributed by atoms with Crippen molar-refractivity contribution in [2.75, 3.05) is 6.61 Å². The highest BCUT2D eigenvalue weighted by molar-refractivity contribution is 5.78. The van der Waals surface area contributed by atoms with Crippen molar-refractivity contribution in [3.63, 3.8) is 0 Å². The first-order valence-electron chi connectivity index (χ1n) is 4.25. The molecule has 0 saturated carbocycles. The summed E-state index contributed by atoms with van der Waals surface area (Å²) in [5.41, 5.74) is 2.24. The Hall–Kier alpha value is -1.70. The molecule has 64 valence electrons. The third kappa shape index (κ3) is 0.886. The third-order valence-electron chi connectivity index (χ3n) is 2.26. The molecular weight excluding hydrogens is 164 g/mol. The summed E-state index contributed by atoms with van der Waals surface area (Å²) in [6, 6.07) is 6.02. The lowest BCUT2D eigenvalue weighted by Gasteiger charge is -2.22. The summed E-state index contributed by atoms with van der Waals surface area (Å²) in [6.07, 6.45) is 5.61. The predicted molar refractivity (Wildman–Crippen MR) is 50.0 cm³/mol. The first-order chi connectivity index (χ1) is 6.45. The van der Waals surface area contributed by atoms with Crippen LogP contribution in [0.25, 0.3) is 11.8 Å². The Kier molecular flexibility index (Phi) is 1.25. The zero-order valence-corrected chi connectivity index (χ0v) is 6.99. The normalized spacial score (nSPS) is 16.8. The molecule has 0 amide bonds. The summed E-state index contributed by atoms with van der Waals surface area (Å²) in [6.45, 7) is 0.597. The summed E-state index contributed by atoms with van der Waals surface area (Å²) < 4.78 is 10.9. The van der Waals surface area contributed by atoms with Gasteiger partial charge < -0.3 is 9.47 Å². The molecule has 2 heterocycles. The molecule has 0 aromatic heterocycles. The Bertz CT molecular complexity index is 416. The van der Waals surface area contributed by atoms with Gasteiger partial charge in [0.25, 0.3) is 0 Å². The molecule has 2 aliphatic heterocycles. The average molecular weight is 172 g/mol. The smallest absolute Gasteiger partial charge is 0.137 e. The number of ether oxygens (including phenoxy) is 2. The lowest BCUT2D eigenvalue weighted by Crippen LogP contribution is -2.08. The monoisotopic (exact) mass is 172 g/mol. The molecule has 0 radical (unpaired) electrons. The molecule has 0 aliphatic carbocycles. The summed E-state index contributed by atoms with van der Waals surface area (Å²) in [7, 11) is 0. The minimum Gasteiger partial charge on any atom is -0.489 e. The maximum Gasteiger partial charge on any atom is 0.137 e. The second-order valence-corrected chi connectivity index (χ2v) is 3.02. The summed E-state index contributed by atoms with van der Waals surface area (Å²) in [5.74, 6) is 1.83. The van der Waals surface area contributed by atoms with Crippen LogP contribution in [-0.4, -0.2) is 6.61 Å². The van der Waals surface area contributed by atoms with Gasteiger partial charge in [-0.3, -0.25) is 0 Å². The van der Waals surface area contributed by atoms with Crippen LogP contribution in [0.15, 0.2) is 30.5 Å². The van der Waals surface area contributed by atoms with Crippen LogP contribution in [0, 0.1) is 0 Å². The second kappa shape index (κ2) is 2.39. The van der Waals surface area contributed by atoms with Crippen molar-refractivity contribution in [3.05, 3.63) is 41.7 Å². The zero-order chi connectivity index (χ0) is 8.67. The topological polar surface area (TPSA) is 18.5 Å². The van der Waals surface area contributed by atoms with E-state index in [1.54, 1.807) is 6.26 Å². The average Bonchev–Trinajstić information content (AvgIpc) is 2.19. The van der Waals surface area contributed by atoms with Crippen LogP contribution in [-0.2, 0) is 4.74 Å². The van der Waals surface area contributed by atoms with E-state index in [0.29, 0.717) is 6.61 Å². The van der Waals surface area contributed by atoms with E-state index in [1.807, 2.05) is 24.3 Å². The highest BCUT2D eigenvalue weighted by Gasteiger charge is 2.19. The van der Waals surface area contributed by atoms with E-state index in [4.69, 9.17) is 9.47 Å². The molecule has 2 heteroatoms. The fraction of sp³-hybridized carbons (Fsp3) is 0.0909. The molecule has 0 N–H and O–H groups in total. The van der Waals surface area contributed by atoms with Crippen molar-refractivity contribution in [1.82, 2.24) is 0 Å². The van der Waals surface area contributed by atoms with E-state index in [-0.39, 0.29) is 0 Å². The lowest BCUT2D eigenvalue weighted by molar-refractivity contribution is 0.337. The summed E-state index contributed by atoms with van der Waals surface area (Å²) >= 11 is 0. The molecule has 0 spiro atoms. The fourth-order valence-electron chi connectivity index (χ4n) is 1.67. The summed E-state index contributed by atoms with van der Waals surface area (Å²) in [5, 5.41) is 0. The van der Waals surface area contributed by atoms with E-state index >= 15 is 0 Å². The van der Waals surface area contributed by atoms with Gasteiger partial charge in [-0.05, 0) is 23.8 Å². The number of rotatable bonds is 0. The van der Waals surface area contributed by atoms with Crippen molar-refractivity contribution in [2.45, 2.75) is 0 Å². The van der Waals surface area contributed by atoms with Gasteiger partial charge in [0.15, 0.2) is 0 Å². The van der Waals surface area contributed by atoms with Crippen molar-refractivity contribution in [2.24, 2.45) is 0 Å². The SMILES string of the molecule is C1=Cc2cccc3c2C(=CCO3)O1. The van der Waals surface area contributed by atoms with E-state index in [9.17, 15) is 0 Å². The molecule has 0 fully saturated rings. The number of hydrogen-bond acceptors (Lipinski definition) is 2. The quantitative estimate of drug-likeness (QED) is 0.598. The Morgan fingerprint density at radius 2 is 2.23 bits per heavy atom. The fourth-order valence-corrected chi connectivity index (χ4v) is 1.67. The lowest BCUT2D eigenvalue weighted by atomic mass is 10.0. The van der Waals surface area contributed by atoms with Gasteiger partial charge in [0, 0.05) is 0 Å². The maximum atomic E-state index is 5.48. The first kappa shape index (κ1) is 6.78. The van der Waals surface area contributed by atoms with Gasteiger partial charge in [0.2, 0.25) is 0 Å². The van der Waals surface area contributed by atoms with Crippen LogP contribution in [0.2, 0.25) is 0 Å². The third-order valence-corrected chi connectivity index (χ3v) is 2.26. The van der Waals surface area contributed by atoms with E-state index in [1.165, 1.54) is 0 Å². The highest BCUT2D eigenvalue weighted by atomic mass is 16.5. The molecule has 1 aromatic rings. The Morgan fingerprint density at radius 3 is 3.23 bits per heavy atom. The van der Waals surface area contributed by atoms with Crippen LogP contribution < -0.4 is 4.74 Å². The van der Waals surface area contributed by atoms with Crippen molar-refractivity contribution < 1.29 is 9.47 Å². The van der Waals surface area contributed by atoms with Crippen molar-refractivity contribution >= 4 is 11.8 Å². The predicted octanol–water partition coefficient (Wildman–Crippen LogP) is 2.42. The molecule has 3 rings (SSSR count). The zero-order valence-electron chi connectivity index (χ0n) is 6.99. The van der Waals surface area contributed by atoms with Gasteiger partial charge in [0.05, 0.1) is 11.8 Å². The van der Waals surface area contributed by atoms with E-state index in [0.717, 1.165) is 22.6 Å². The van der Waals surface area contributed by atoms with Gasteiger partial charge in [0.1, 0.15) is 18.1 Å². The van der Waals surface area contributed by atoms with Gasteiger partial charge in [-0.2, -0.15) is 0 Å². The van der Waals surface area contributed by atoms with Gasteiger partial charge in [-0.1, -0.05) is 12.1 Å². The second-order valence-electron chi connectivity index (χ2n) is 3.02. The van der Waals surface area contributed by atoms with Gasteiger partial charge in [-0.15, -0.1) is 0 Å². The van der Waals surface area contributed by atoms with Crippen LogP contribution in [0.4, 0.5) is 0 Å². The van der Waals surface area contributed by atoms with Crippen LogP contribution >= 0.6 is 0 Å². The maximum absolute atomic E-state index is 5.48. The van der Waals surface area contributed by atoms with Gasteiger partial charge in [-0.25, -0.2) is 0 Å². The Labute approximate surface area is 76.1 Å².